The lowest BCUT2D eigenvalue weighted by Crippen LogP contribution is -2.36. The van der Waals surface area contributed by atoms with Crippen LogP contribution in [0.2, 0.25) is 0 Å². The minimum Gasteiger partial charge on any atom is -0.390 e. The minimum atomic E-state index is -0.580. The van der Waals surface area contributed by atoms with E-state index in [1.165, 1.54) is 11.1 Å². The molecule has 0 unspecified atom stereocenters. The highest BCUT2D eigenvalue weighted by molar-refractivity contribution is 5.22. The first kappa shape index (κ1) is 17.5. The zero-order valence-electron chi connectivity index (χ0n) is 14.3. The standard InChI is InChI=1S/C19H31NO2/c1-4-22-18-10-13-20(14-11-18)15-17-7-5-16(6-8-17)9-12-19(2,3)21/h5-8,18,21H,4,9-15H2,1-3H3. The van der Waals surface area contributed by atoms with Gasteiger partial charge in [-0.2, -0.15) is 0 Å². The van der Waals surface area contributed by atoms with E-state index in [2.05, 4.69) is 36.1 Å². The van der Waals surface area contributed by atoms with Gasteiger partial charge < -0.3 is 9.84 Å². The van der Waals surface area contributed by atoms with E-state index in [1.807, 2.05) is 13.8 Å². The van der Waals surface area contributed by atoms with Crippen LogP contribution in [0.4, 0.5) is 0 Å². The van der Waals surface area contributed by atoms with Gasteiger partial charge in [-0.25, -0.2) is 0 Å². The van der Waals surface area contributed by atoms with Gasteiger partial charge >= 0.3 is 0 Å². The SMILES string of the molecule is CCOC1CCN(Cc2ccc(CCC(C)(C)O)cc2)CC1. The molecule has 0 saturated carbocycles. The van der Waals surface area contributed by atoms with Crippen LogP contribution in [0.15, 0.2) is 24.3 Å². The number of likely N-dealkylation sites (tertiary alicyclic amines) is 1. The molecule has 1 aliphatic heterocycles. The van der Waals surface area contributed by atoms with Gasteiger partial charge in [0, 0.05) is 26.2 Å². The van der Waals surface area contributed by atoms with Gasteiger partial charge in [-0.05, 0) is 57.6 Å². The highest BCUT2D eigenvalue weighted by atomic mass is 16.5. The fourth-order valence-corrected chi connectivity index (χ4v) is 2.99. The predicted molar refractivity (Wildman–Crippen MR) is 91.0 cm³/mol. The first-order chi connectivity index (χ1) is 10.5. The zero-order chi connectivity index (χ0) is 16.0. The summed E-state index contributed by atoms with van der Waals surface area (Å²) in [6.45, 7) is 9.93. The number of benzene rings is 1. The quantitative estimate of drug-likeness (QED) is 0.838. The Bertz CT molecular complexity index is 428. The molecule has 0 amide bonds. The van der Waals surface area contributed by atoms with Gasteiger partial charge in [0.15, 0.2) is 0 Å². The lowest BCUT2D eigenvalue weighted by molar-refractivity contribution is 0.0125. The summed E-state index contributed by atoms with van der Waals surface area (Å²) in [6.07, 6.45) is 4.50. The summed E-state index contributed by atoms with van der Waals surface area (Å²) >= 11 is 0. The van der Waals surface area contributed by atoms with Crippen LogP contribution in [0.25, 0.3) is 0 Å². The molecule has 0 atom stereocenters. The first-order valence-electron chi connectivity index (χ1n) is 8.60. The third kappa shape index (κ3) is 6.07. The van der Waals surface area contributed by atoms with E-state index in [-0.39, 0.29) is 0 Å². The van der Waals surface area contributed by atoms with Crippen molar-refractivity contribution in [3.63, 3.8) is 0 Å². The smallest absolute Gasteiger partial charge is 0.0599 e. The van der Waals surface area contributed by atoms with Crippen LogP contribution in [0.1, 0.15) is 51.2 Å². The van der Waals surface area contributed by atoms with Gasteiger partial charge in [-0.1, -0.05) is 24.3 Å². The number of ether oxygens (including phenoxy) is 1. The van der Waals surface area contributed by atoms with E-state index in [0.717, 1.165) is 51.9 Å². The van der Waals surface area contributed by atoms with Crippen molar-refractivity contribution in [2.75, 3.05) is 19.7 Å². The van der Waals surface area contributed by atoms with Gasteiger partial charge in [0.05, 0.1) is 11.7 Å². The highest BCUT2D eigenvalue weighted by Gasteiger charge is 2.19. The van der Waals surface area contributed by atoms with Crippen LogP contribution in [-0.2, 0) is 17.7 Å². The summed E-state index contributed by atoms with van der Waals surface area (Å²) in [4.78, 5) is 2.52. The molecule has 1 N–H and O–H groups in total. The fourth-order valence-electron chi connectivity index (χ4n) is 2.99. The Morgan fingerprint density at radius 2 is 1.73 bits per heavy atom. The second kappa shape index (κ2) is 8.09. The highest BCUT2D eigenvalue weighted by Crippen LogP contribution is 2.18. The Balaban J connectivity index is 1.77. The molecule has 1 heterocycles. The molecular weight excluding hydrogens is 274 g/mol. The van der Waals surface area contributed by atoms with E-state index < -0.39 is 5.60 Å². The average molecular weight is 305 g/mol. The second-order valence-electron chi connectivity index (χ2n) is 7.06. The van der Waals surface area contributed by atoms with Crippen molar-refractivity contribution in [1.82, 2.24) is 4.90 Å². The molecule has 3 nitrogen and oxygen atoms in total. The molecule has 0 radical (unpaired) electrons. The topological polar surface area (TPSA) is 32.7 Å². The number of hydrogen-bond donors (Lipinski definition) is 1. The summed E-state index contributed by atoms with van der Waals surface area (Å²) < 4.78 is 5.70. The molecule has 0 bridgehead atoms. The van der Waals surface area contributed by atoms with Crippen molar-refractivity contribution in [2.45, 2.75) is 64.7 Å². The average Bonchev–Trinajstić information content (AvgIpc) is 2.48. The lowest BCUT2D eigenvalue weighted by atomic mass is 9.98. The van der Waals surface area contributed by atoms with Gasteiger partial charge in [0.2, 0.25) is 0 Å². The van der Waals surface area contributed by atoms with E-state index in [0.29, 0.717) is 6.10 Å². The van der Waals surface area contributed by atoms with Crippen molar-refractivity contribution < 1.29 is 9.84 Å². The van der Waals surface area contributed by atoms with Crippen LogP contribution in [0, 0.1) is 0 Å². The third-order valence-corrected chi connectivity index (χ3v) is 4.39. The van der Waals surface area contributed by atoms with E-state index in [1.54, 1.807) is 0 Å². The van der Waals surface area contributed by atoms with Gasteiger partial charge in [0.25, 0.3) is 0 Å². The fraction of sp³-hybridized carbons (Fsp3) is 0.684. The van der Waals surface area contributed by atoms with Gasteiger partial charge in [-0.15, -0.1) is 0 Å². The maximum atomic E-state index is 9.79. The van der Waals surface area contributed by atoms with E-state index in [4.69, 9.17) is 4.74 Å². The summed E-state index contributed by atoms with van der Waals surface area (Å²) in [5.41, 5.74) is 2.10. The maximum absolute atomic E-state index is 9.79. The molecular formula is C19H31NO2. The molecule has 1 aromatic rings. The summed E-state index contributed by atoms with van der Waals surface area (Å²) in [6, 6.07) is 8.87. The second-order valence-corrected chi connectivity index (χ2v) is 7.06. The summed E-state index contributed by atoms with van der Waals surface area (Å²) in [5.74, 6) is 0. The van der Waals surface area contributed by atoms with Crippen LogP contribution in [0.5, 0.6) is 0 Å². The van der Waals surface area contributed by atoms with Gasteiger partial charge in [-0.3, -0.25) is 4.90 Å². The molecule has 1 saturated heterocycles. The van der Waals surface area contributed by atoms with Crippen LogP contribution >= 0.6 is 0 Å². The van der Waals surface area contributed by atoms with Crippen molar-refractivity contribution in [3.8, 4) is 0 Å². The number of piperidine rings is 1. The molecule has 124 valence electrons. The number of aryl methyl sites for hydroxylation is 1. The Labute approximate surface area is 135 Å². The van der Waals surface area contributed by atoms with E-state index in [9.17, 15) is 5.11 Å². The van der Waals surface area contributed by atoms with Crippen molar-refractivity contribution in [3.05, 3.63) is 35.4 Å². The Morgan fingerprint density at radius 3 is 2.27 bits per heavy atom. The van der Waals surface area contributed by atoms with E-state index >= 15 is 0 Å². The van der Waals surface area contributed by atoms with Crippen LogP contribution < -0.4 is 0 Å². The lowest BCUT2D eigenvalue weighted by Gasteiger charge is -2.31. The Kier molecular flexibility index (Phi) is 6.42. The minimum absolute atomic E-state index is 0.463. The summed E-state index contributed by atoms with van der Waals surface area (Å²) in [7, 11) is 0. The van der Waals surface area contributed by atoms with Crippen molar-refractivity contribution >= 4 is 0 Å². The van der Waals surface area contributed by atoms with Crippen LogP contribution in [0.3, 0.4) is 0 Å². The largest absolute Gasteiger partial charge is 0.390 e. The maximum Gasteiger partial charge on any atom is 0.0599 e. The number of aliphatic hydroxyl groups is 1. The molecule has 1 fully saturated rings. The van der Waals surface area contributed by atoms with Crippen molar-refractivity contribution in [2.24, 2.45) is 0 Å². The zero-order valence-corrected chi connectivity index (χ0v) is 14.3. The Morgan fingerprint density at radius 1 is 1.14 bits per heavy atom. The normalized spacial score (nSPS) is 17.8. The predicted octanol–water partition coefficient (Wildman–Crippen LogP) is 3.39. The molecule has 0 aliphatic carbocycles. The van der Waals surface area contributed by atoms with Gasteiger partial charge in [0.1, 0.15) is 0 Å². The molecule has 1 aliphatic rings. The van der Waals surface area contributed by atoms with Crippen LogP contribution in [-0.4, -0.2) is 41.4 Å². The van der Waals surface area contributed by atoms with Crippen molar-refractivity contribution in [1.29, 1.82) is 0 Å². The Hall–Kier alpha value is -0.900. The third-order valence-electron chi connectivity index (χ3n) is 4.39. The molecule has 22 heavy (non-hydrogen) atoms. The summed E-state index contributed by atoms with van der Waals surface area (Å²) in [5, 5.41) is 9.79. The molecule has 0 aromatic heterocycles. The monoisotopic (exact) mass is 305 g/mol. The number of hydrogen-bond acceptors (Lipinski definition) is 3. The molecule has 1 aromatic carbocycles. The number of nitrogens with zero attached hydrogens (tertiary/aromatic N) is 1. The molecule has 0 spiro atoms. The first-order valence-corrected chi connectivity index (χ1v) is 8.60. The number of rotatable bonds is 7. The molecule has 3 heteroatoms. The molecule has 2 rings (SSSR count).